The molecule has 0 spiro atoms. The Balaban J connectivity index is 2.65. The minimum Gasteiger partial charge on any atom is -0.394 e. The van der Waals surface area contributed by atoms with Crippen LogP contribution in [0.1, 0.15) is 0 Å². The molecule has 0 fully saturated rings. The first-order valence-corrected chi connectivity index (χ1v) is 2.62. The van der Waals surface area contributed by atoms with Crippen LogP contribution >= 0.6 is 0 Å². The molecule has 0 heterocycles. The molecule has 0 aromatic carbocycles. The molecule has 0 amide bonds. The van der Waals surface area contributed by atoms with Crippen molar-refractivity contribution in [1.29, 1.82) is 0 Å². The molecule has 0 rings (SSSR count). The minimum atomic E-state index is -0.538. The van der Waals surface area contributed by atoms with Crippen LogP contribution in [0.3, 0.4) is 0 Å². The Bertz CT molecular complexity index is 49.7. The summed E-state index contributed by atoms with van der Waals surface area (Å²) in [5.41, 5.74) is 0. The van der Waals surface area contributed by atoms with E-state index in [1.165, 1.54) is 0 Å². The highest BCUT2D eigenvalue weighted by Gasteiger charge is 1.87. The summed E-state index contributed by atoms with van der Waals surface area (Å²) in [5, 5.41) is 16.1. The van der Waals surface area contributed by atoms with E-state index in [0.717, 1.165) is 0 Å². The second kappa shape index (κ2) is 8.76. The van der Waals surface area contributed by atoms with E-state index in [0.29, 0.717) is 0 Å². The molecule has 0 radical (unpaired) electrons. The van der Waals surface area contributed by atoms with Crippen molar-refractivity contribution in [3.8, 4) is 0 Å². The van der Waals surface area contributed by atoms with Crippen LogP contribution < -0.4 is 0 Å². The van der Waals surface area contributed by atoms with Crippen molar-refractivity contribution in [2.45, 2.75) is 0 Å². The van der Waals surface area contributed by atoms with E-state index in [2.05, 4.69) is 19.6 Å². The molecule has 0 saturated heterocycles. The van der Waals surface area contributed by atoms with E-state index < -0.39 is 6.79 Å². The van der Waals surface area contributed by atoms with Gasteiger partial charge in [0.25, 0.3) is 0 Å². The number of hydrogen-bond donors (Lipinski definition) is 2. The number of aliphatic hydroxyl groups excluding tert-OH is 2. The monoisotopic (exact) mass is 154 g/mol. The Labute approximate surface area is 57.7 Å². The summed E-state index contributed by atoms with van der Waals surface area (Å²) in [6.07, 6.45) is 0. The Hall–Kier alpha value is -0.240. The van der Waals surface area contributed by atoms with E-state index in [1.807, 2.05) is 0 Å². The van der Waals surface area contributed by atoms with Gasteiger partial charge in [0, 0.05) is 0 Å². The highest BCUT2D eigenvalue weighted by Crippen LogP contribution is 1.80. The van der Waals surface area contributed by atoms with Crippen molar-refractivity contribution in [1.82, 2.24) is 0 Å². The van der Waals surface area contributed by atoms with Crippen molar-refractivity contribution in [3.05, 3.63) is 0 Å². The van der Waals surface area contributed by atoms with Crippen LogP contribution in [-0.4, -0.2) is 37.0 Å². The first-order chi connectivity index (χ1) is 4.91. The number of aliphatic hydroxyl groups is 2. The van der Waals surface area contributed by atoms with Gasteiger partial charge in [0.1, 0.15) is 6.61 Å². The van der Waals surface area contributed by atoms with E-state index in [1.54, 1.807) is 0 Å². The first kappa shape index (κ1) is 9.76. The first-order valence-electron chi connectivity index (χ1n) is 2.62. The van der Waals surface area contributed by atoms with Crippen LogP contribution in [0.2, 0.25) is 0 Å². The van der Waals surface area contributed by atoms with Gasteiger partial charge in [-0.2, -0.15) is 0 Å². The van der Waals surface area contributed by atoms with Gasteiger partial charge in [0.2, 0.25) is 6.79 Å². The van der Waals surface area contributed by atoms with Gasteiger partial charge in [-0.05, 0) is 0 Å². The minimum absolute atomic E-state index is 0.0719. The van der Waals surface area contributed by atoms with Gasteiger partial charge in [-0.3, -0.25) is 0 Å². The Morgan fingerprint density at radius 2 is 1.60 bits per heavy atom. The number of rotatable bonds is 7. The summed E-state index contributed by atoms with van der Waals surface area (Å²) in [4.78, 5) is 16.7. The van der Waals surface area contributed by atoms with Gasteiger partial charge in [-0.1, -0.05) is 0 Å². The van der Waals surface area contributed by atoms with Crippen LogP contribution in [-0.2, 0) is 19.6 Å². The van der Waals surface area contributed by atoms with Gasteiger partial charge in [-0.25, -0.2) is 19.6 Å². The lowest BCUT2D eigenvalue weighted by molar-refractivity contribution is -0.431. The van der Waals surface area contributed by atoms with Gasteiger partial charge in [0.15, 0.2) is 6.79 Å². The normalized spacial score (nSPS) is 10.2. The Kier molecular flexibility index (Phi) is 8.55. The summed E-state index contributed by atoms with van der Waals surface area (Å²) >= 11 is 0. The van der Waals surface area contributed by atoms with E-state index in [-0.39, 0.29) is 20.0 Å². The molecule has 6 heteroatoms. The van der Waals surface area contributed by atoms with Crippen LogP contribution in [0.5, 0.6) is 0 Å². The maximum atomic E-state index is 8.15. The third kappa shape index (κ3) is 7.76. The summed E-state index contributed by atoms with van der Waals surface area (Å²) in [6.45, 7) is -0.840. The van der Waals surface area contributed by atoms with Crippen LogP contribution in [0.25, 0.3) is 0 Å². The predicted octanol–water partition coefficient (Wildman–Crippen LogP) is -1.22. The van der Waals surface area contributed by atoms with Crippen LogP contribution in [0.4, 0.5) is 0 Å². The summed E-state index contributed by atoms with van der Waals surface area (Å²) in [5.74, 6) is 0. The van der Waals surface area contributed by atoms with E-state index in [4.69, 9.17) is 10.2 Å². The summed E-state index contributed by atoms with van der Waals surface area (Å²) in [6, 6.07) is 0. The molecule has 0 saturated carbocycles. The average Bonchev–Trinajstić information content (AvgIpc) is 1.97. The average molecular weight is 154 g/mol. The molecule has 0 unspecified atom stereocenters. The molecule has 0 aliphatic carbocycles. The summed E-state index contributed by atoms with van der Waals surface area (Å²) < 4.78 is 0. The second-order valence-corrected chi connectivity index (χ2v) is 1.15. The largest absolute Gasteiger partial charge is 0.394 e. The van der Waals surface area contributed by atoms with Crippen molar-refractivity contribution in [2.75, 3.05) is 26.8 Å². The Morgan fingerprint density at radius 3 is 2.20 bits per heavy atom. The lowest BCUT2D eigenvalue weighted by Crippen LogP contribution is -2.05. The predicted molar refractivity (Wildman–Crippen MR) is 28.2 cm³/mol. The molecule has 62 valence electrons. The van der Waals surface area contributed by atoms with Crippen LogP contribution in [0.15, 0.2) is 0 Å². The molecule has 0 aliphatic heterocycles. The van der Waals surface area contributed by atoms with Crippen molar-refractivity contribution < 1.29 is 29.8 Å². The molecular weight excluding hydrogens is 144 g/mol. The zero-order valence-electron chi connectivity index (χ0n) is 5.36. The molecular formula is C4H10O6. The smallest absolute Gasteiger partial charge is 0.214 e. The number of hydrogen-bond acceptors (Lipinski definition) is 6. The van der Waals surface area contributed by atoms with Gasteiger partial charge in [-0.15, -0.1) is 0 Å². The SMILES string of the molecule is OCCOOCOOCO. The second-order valence-electron chi connectivity index (χ2n) is 1.15. The maximum absolute atomic E-state index is 8.15. The standard InChI is InChI=1S/C4H10O6/c5-1-2-7-9-4-10-8-3-6/h5-6H,1-4H2. The molecule has 10 heavy (non-hydrogen) atoms. The van der Waals surface area contributed by atoms with Crippen molar-refractivity contribution in [3.63, 3.8) is 0 Å². The zero-order valence-corrected chi connectivity index (χ0v) is 5.36. The molecule has 2 N–H and O–H groups in total. The van der Waals surface area contributed by atoms with Gasteiger partial charge >= 0.3 is 0 Å². The lowest BCUT2D eigenvalue weighted by Gasteiger charge is -2.00. The third-order valence-electron chi connectivity index (χ3n) is 0.490. The third-order valence-corrected chi connectivity index (χ3v) is 0.490. The summed E-state index contributed by atoms with van der Waals surface area (Å²) in [7, 11) is 0. The fourth-order valence-electron chi connectivity index (χ4n) is 0.221. The Morgan fingerprint density at radius 1 is 0.900 bits per heavy atom. The zero-order chi connectivity index (χ0) is 7.66. The molecule has 0 aromatic heterocycles. The quantitative estimate of drug-likeness (QED) is 0.207. The topological polar surface area (TPSA) is 77.4 Å². The lowest BCUT2D eigenvalue weighted by atomic mass is 10.8. The molecule has 0 aromatic rings. The molecule has 0 bridgehead atoms. The maximum Gasteiger partial charge on any atom is 0.214 e. The fraction of sp³-hybridized carbons (Fsp3) is 1.00. The molecule has 6 nitrogen and oxygen atoms in total. The van der Waals surface area contributed by atoms with Crippen LogP contribution in [0, 0.1) is 0 Å². The van der Waals surface area contributed by atoms with Crippen molar-refractivity contribution in [2.24, 2.45) is 0 Å². The highest BCUT2D eigenvalue weighted by atomic mass is 17.3. The van der Waals surface area contributed by atoms with E-state index in [9.17, 15) is 0 Å². The highest BCUT2D eigenvalue weighted by molar-refractivity contribution is 4.11. The van der Waals surface area contributed by atoms with Gasteiger partial charge < -0.3 is 10.2 Å². The van der Waals surface area contributed by atoms with E-state index >= 15 is 0 Å². The molecule has 0 aliphatic rings. The van der Waals surface area contributed by atoms with Gasteiger partial charge in [0.05, 0.1) is 6.61 Å². The fourth-order valence-corrected chi connectivity index (χ4v) is 0.221. The van der Waals surface area contributed by atoms with Crippen molar-refractivity contribution >= 4 is 0 Å². The molecule has 0 atom stereocenters.